The van der Waals surface area contributed by atoms with Crippen LogP contribution in [-0.4, -0.2) is 28.4 Å². The van der Waals surface area contributed by atoms with Gasteiger partial charge in [0.1, 0.15) is 0 Å². The van der Waals surface area contributed by atoms with E-state index in [9.17, 15) is 4.79 Å². The SMILES string of the molecule is CC(=O)Nc1nnc(SCCCN)s1. The number of nitrogens with zero attached hydrogens (tertiary/aromatic N) is 2. The number of hydrogen-bond donors (Lipinski definition) is 2. The van der Waals surface area contributed by atoms with Crippen molar-refractivity contribution < 1.29 is 4.79 Å². The van der Waals surface area contributed by atoms with Crippen molar-refractivity contribution in [1.82, 2.24) is 10.2 Å². The molecular weight excluding hydrogens is 220 g/mol. The van der Waals surface area contributed by atoms with Crippen LogP contribution in [0.15, 0.2) is 4.34 Å². The first-order valence-electron chi connectivity index (χ1n) is 4.16. The summed E-state index contributed by atoms with van der Waals surface area (Å²) >= 11 is 2.99. The van der Waals surface area contributed by atoms with Gasteiger partial charge in [0, 0.05) is 12.7 Å². The number of carbonyl (C=O) groups is 1. The smallest absolute Gasteiger partial charge is 0.223 e. The standard InChI is InChI=1S/C7H12N4OS2/c1-5(12)9-6-10-11-7(14-6)13-4-2-3-8/h2-4,8H2,1H3,(H,9,10,12). The molecule has 1 rings (SSSR count). The summed E-state index contributed by atoms with van der Waals surface area (Å²) in [6.45, 7) is 2.13. The van der Waals surface area contributed by atoms with Crippen LogP contribution in [0, 0.1) is 0 Å². The van der Waals surface area contributed by atoms with Crippen LogP contribution < -0.4 is 11.1 Å². The van der Waals surface area contributed by atoms with E-state index in [4.69, 9.17) is 5.73 Å². The first kappa shape index (κ1) is 11.4. The number of nitrogens with one attached hydrogen (secondary N) is 1. The van der Waals surface area contributed by atoms with Crippen LogP contribution in [-0.2, 0) is 4.79 Å². The van der Waals surface area contributed by atoms with Gasteiger partial charge in [-0.15, -0.1) is 10.2 Å². The molecule has 0 spiro atoms. The molecule has 0 aromatic carbocycles. The lowest BCUT2D eigenvalue weighted by molar-refractivity contribution is -0.114. The highest BCUT2D eigenvalue weighted by Crippen LogP contribution is 2.25. The summed E-state index contributed by atoms with van der Waals surface area (Å²) in [4.78, 5) is 10.7. The van der Waals surface area contributed by atoms with Crippen molar-refractivity contribution in [3.8, 4) is 0 Å². The number of amides is 1. The summed E-state index contributed by atoms with van der Waals surface area (Å²) in [5.74, 6) is 0.810. The van der Waals surface area contributed by atoms with E-state index in [0.717, 1.165) is 16.5 Å². The number of rotatable bonds is 5. The van der Waals surface area contributed by atoms with Gasteiger partial charge in [-0.1, -0.05) is 23.1 Å². The number of hydrogen-bond acceptors (Lipinski definition) is 6. The van der Waals surface area contributed by atoms with Crippen LogP contribution in [0.2, 0.25) is 0 Å². The highest BCUT2D eigenvalue weighted by atomic mass is 32.2. The van der Waals surface area contributed by atoms with Crippen molar-refractivity contribution in [2.24, 2.45) is 5.73 Å². The number of aromatic nitrogens is 2. The molecule has 0 saturated carbocycles. The lowest BCUT2D eigenvalue weighted by Gasteiger charge is -1.93. The summed E-state index contributed by atoms with van der Waals surface area (Å²) in [7, 11) is 0. The average molecular weight is 232 g/mol. The minimum absolute atomic E-state index is 0.125. The van der Waals surface area contributed by atoms with Crippen molar-refractivity contribution in [2.75, 3.05) is 17.6 Å². The summed E-state index contributed by atoms with van der Waals surface area (Å²) in [5.41, 5.74) is 5.36. The number of carbonyl (C=O) groups excluding carboxylic acids is 1. The van der Waals surface area contributed by atoms with Gasteiger partial charge in [0.2, 0.25) is 11.0 Å². The van der Waals surface area contributed by atoms with Crippen LogP contribution >= 0.6 is 23.1 Å². The van der Waals surface area contributed by atoms with Crippen LogP contribution in [0.3, 0.4) is 0 Å². The second kappa shape index (κ2) is 5.94. The Morgan fingerprint density at radius 1 is 1.64 bits per heavy atom. The Morgan fingerprint density at radius 2 is 2.43 bits per heavy atom. The maximum atomic E-state index is 10.7. The van der Waals surface area contributed by atoms with Crippen molar-refractivity contribution in [3.05, 3.63) is 0 Å². The molecule has 5 nitrogen and oxygen atoms in total. The third-order valence-electron chi connectivity index (χ3n) is 1.26. The zero-order valence-corrected chi connectivity index (χ0v) is 9.45. The lowest BCUT2D eigenvalue weighted by atomic mass is 10.5. The Kier molecular flexibility index (Phi) is 4.85. The third kappa shape index (κ3) is 4.03. The van der Waals surface area contributed by atoms with Gasteiger partial charge < -0.3 is 11.1 Å². The van der Waals surface area contributed by atoms with E-state index >= 15 is 0 Å². The van der Waals surface area contributed by atoms with E-state index in [-0.39, 0.29) is 5.91 Å². The van der Waals surface area contributed by atoms with Gasteiger partial charge in [-0.2, -0.15) is 0 Å². The van der Waals surface area contributed by atoms with Crippen molar-refractivity contribution in [3.63, 3.8) is 0 Å². The van der Waals surface area contributed by atoms with Gasteiger partial charge in [-0.3, -0.25) is 4.79 Å². The molecule has 0 fully saturated rings. The Hall–Kier alpha value is -0.660. The van der Waals surface area contributed by atoms with Crippen molar-refractivity contribution in [1.29, 1.82) is 0 Å². The second-order valence-electron chi connectivity index (χ2n) is 2.54. The molecule has 0 aliphatic carbocycles. The summed E-state index contributed by atoms with van der Waals surface area (Å²) in [6.07, 6.45) is 0.958. The molecule has 0 unspecified atom stereocenters. The van der Waals surface area contributed by atoms with Crippen LogP contribution in [0.5, 0.6) is 0 Å². The molecule has 0 bridgehead atoms. The number of nitrogens with two attached hydrogens (primary N) is 1. The minimum atomic E-state index is -0.125. The van der Waals surface area contributed by atoms with E-state index in [1.807, 2.05) is 0 Å². The van der Waals surface area contributed by atoms with Gasteiger partial charge in [-0.05, 0) is 13.0 Å². The normalized spacial score (nSPS) is 10.1. The second-order valence-corrected chi connectivity index (χ2v) is 4.86. The van der Waals surface area contributed by atoms with Gasteiger partial charge in [0.25, 0.3) is 0 Å². The number of anilines is 1. The molecule has 0 aliphatic heterocycles. The molecule has 14 heavy (non-hydrogen) atoms. The van der Waals surface area contributed by atoms with Gasteiger partial charge in [-0.25, -0.2) is 0 Å². The molecule has 0 radical (unpaired) electrons. The molecule has 1 amide bonds. The Balaban J connectivity index is 2.38. The highest BCUT2D eigenvalue weighted by Gasteiger charge is 2.04. The molecule has 0 atom stereocenters. The fourth-order valence-electron chi connectivity index (χ4n) is 0.712. The zero-order chi connectivity index (χ0) is 10.4. The van der Waals surface area contributed by atoms with E-state index in [1.165, 1.54) is 18.3 Å². The monoisotopic (exact) mass is 232 g/mol. The van der Waals surface area contributed by atoms with E-state index in [0.29, 0.717) is 11.7 Å². The molecule has 0 saturated heterocycles. The summed E-state index contributed by atoms with van der Waals surface area (Å²) < 4.78 is 0.863. The zero-order valence-electron chi connectivity index (χ0n) is 7.82. The first-order valence-corrected chi connectivity index (χ1v) is 5.96. The van der Waals surface area contributed by atoms with Crippen LogP contribution in [0.1, 0.15) is 13.3 Å². The molecule has 0 aliphatic rings. The van der Waals surface area contributed by atoms with Crippen molar-refractivity contribution in [2.45, 2.75) is 17.7 Å². The predicted octanol–water partition coefficient (Wildman–Crippen LogP) is 0.937. The topological polar surface area (TPSA) is 80.9 Å². The fourth-order valence-corrected chi connectivity index (χ4v) is 2.54. The molecule has 1 aromatic heterocycles. The molecule has 7 heteroatoms. The Labute approximate surface area is 90.5 Å². The maximum Gasteiger partial charge on any atom is 0.223 e. The average Bonchev–Trinajstić information content (AvgIpc) is 2.52. The van der Waals surface area contributed by atoms with Gasteiger partial charge in [0.15, 0.2) is 4.34 Å². The summed E-state index contributed by atoms with van der Waals surface area (Å²) in [5, 5.41) is 10.9. The van der Waals surface area contributed by atoms with E-state index < -0.39 is 0 Å². The van der Waals surface area contributed by atoms with E-state index in [2.05, 4.69) is 15.5 Å². The van der Waals surface area contributed by atoms with Gasteiger partial charge >= 0.3 is 0 Å². The fraction of sp³-hybridized carbons (Fsp3) is 0.571. The third-order valence-corrected chi connectivity index (χ3v) is 3.32. The quantitative estimate of drug-likeness (QED) is 0.448. The highest BCUT2D eigenvalue weighted by molar-refractivity contribution is 8.01. The molecule has 1 aromatic rings. The molecule has 78 valence electrons. The van der Waals surface area contributed by atoms with E-state index in [1.54, 1.807) is 11.8 Å². The Bertz CT molecular complexity index is 302. The number of thioether (sulfide) groups is 1. The largest absolute Gasteiger partial charge is 0.330 e. The van der Waals surface area contributed by atoms with Crippen LogP contribution in [0.25, 0.3) is 0 Å². The molecule has 1 heterocycles. The van der Waals surface area contributed by atoms with Gasteiger partial charge in [0.05, 0.1) is 0 Å². The van der Waals surface area contributed by atoms with Crippen LogP contribution in [0.4, 0.5) is 5.13 Å². The van der Waals surface area contributed by atoms with Crippen molar-refractivity contribution >= 4 is 34.1 Å². The predicted molar refractivity (Wildman–Crippen MR) is 58.6 cm³/mol. The molecule has 3 N–H and O–H groups in total. The Morgan fingerprint density at radius 3 is 3.07 bits per heavy atom. The lowest BCUT2D eigenvalue weighted by Crippen LogP contribution is -2.04. The summed E-state index contributed by atoms with van der Waals surface area (Å²) in [6, 6.07) is 0. The maximum absolute atomic E-state index is 10.7. The first-order chi connectivity index (χ1) is 6.72. The molecular formula is C7H12N4OS2. The minimum Gasteiger partial charge on any atom is -0.330 e.